The first-order valence-corrected chi connectivity index (χ1v) is 20.2. The second kappa shape index (κ2) is 30.1. The Bertz CT molecular complexity index is 774. The molecule has 0 saturated carbocycles. The highest BCUT2D eigenvalue weighted by Gasteiger charge is 2.21. The summed E-state index contributed by atoms with van der Waals surface area (Å²) in [6.45, 7) is 4.21. The van der Waals surface area contributed by atoms with Crippen molar-refractivity contribution in [3.05, 3.63) is 0 Å². The molecule has 0 aromatic heterocycles. The lowest BCUT2D eigenvalue weighted by Gasteiger charge is -2.28. The van der Waals surface area contributed by atoms with E-state index in [9.17, 15) is 19.0 Å². The first-order valence-electron chi connectivity index (χ1n) is 18.7. The van der Waals surface area contributed by atoms with E-state index in [1.165, 1.54) is 103 Å². The van der Waals surface area contributed by atoms with Crippen molar-refractivity contribution in [2.24, 2.45) is 0 Å². The van der Waals surface area contributed by atoms with Crippen molar-refractivity contribution in [1.29, 1.82) is 0 Å². The molecule has 0 saturated heterocycles. The Morgan fingerprint density at radius 3 is 1.39 bits per heavy atom. The van der Waals surface area contributed by atoms with E-state index >= 15 is 0 Å². The van der Waals surface area contributed by atoms with Crippen LogP contribution in [0.3, 0.4) is 0 Å². The van der Waals surface area contributed by atoms with Gasteiger partial charge in [-0.15, -0.1) is 0 Å². The third kappa shape index (κ3) is 32.9. The van der Waals surface area contributed by atoms with Crippen LogP contribution in [0, 0.1) is 0 Å². The third-order valence-electron chi connectivity index (χ3n) is 8.13. The number of hydrogen-bond acceptors (Lipinski definition) is 8. The summed E-state index contributed by atoms with van der Waals surface area (Å²) in [7, 11) is 1.18. The number of carbonyl (C=O) groups excluding carboxylic acids is 2. The molecule has 46 heavy (non-hydrogen) atoms. The second-order valence-corrected chi connectivity index (χ2v) is 15.4. The van der Waals surface area contributed by atoms with Crippen LogP contribution >= 0.6 is 7.82 Å². The van der Waals surface area contributed by atoms with Gasteiger partial charge in [-0.1, -0.05) is 142 Å². The lowest BCUT2D eigenvalue weighted by atomic mass is 10.1. The van der Waals surface area contributed by atoms with Gasteiger partial charge in [-0.25, -0.2) is 0 Å². The van der Waals surface area contributed by atoms with Gasteiger partial charge in [0.1, 0.15) is 19.8 Å². The lowest BCUT2D eigenvalue weighted by Crippen LogP contribution is -2.37. The molecule has 274 valence electrons. The molecule has 0 N–H and O–H groups in total. The predicted molar refractivity (Wildman–Crippen MR) is 185 cm³/mol. The van der Waals surface area contributed by atoms with E-state index in [1.807, 2.05) is 21.1 Å². The number of quaternary nitrogens is 1. The van der Waals surface area contributed by atoms with Gasteiger partial charge in [0.2, 0.25) is 0 Å². The molecule has 1 unspecified atom stereocenters. The maximum absolute atomic E-state index is 12.6. The number of nitrogens with zero attached hydrogens (tertiary/aromatic N) is 1. The number of likely N-dealkylation sites (N-methyl/N-ethyl adjacent to an activating group) is 1. The van der Waals surface area contributed by atoms with Gasteiger partial charge in [0, 0.05) is 12.8 Å². The first-order chi connectivity index (χ1) is 22.0. The summed E-state index contributed by atoms with van der Waals surface area (Å²) < 4.78 is 33.7. The fraction of sp³-hybridized carbons (Fsp3) is 0.944. The van der Waals surface area contributed by atoms with Crippen molar-refractivity contribution in [2.75, 3.05) is 47.5 Å². The average Bonchev–Trinajstić information content (AvgIpc) is 2.99. The summed E-state index contributed by atoms with van der Waals surface area (Å²) in [6, 6.07) is 0. The minimum Gasteiger partial charge on any atom is -0.756 e. The van der Waals surface area contributed by atoms with E-state index in [0.717, 1.165) is 32.1 Å². The van der Waals surface area contributed by atoms with Crippen molar-refractivity contribution in [1.82, 2.24) is 0 Å². The molecule has 0 aliphatic rings. The van der Waals surface area contributed by atoms with Crippen LogP contribution in [0.5, 0.6) is 0 Å². The van der Waals surface area contributed by atoms with Crippen LogP contribution in [-0.2, 0) is 32.7 Å². The summed E-state index contributed by atoms with van der Waals surface area (Å²) in [4.78, 5) is 37.2. The molecular weight excluding hydrogens is 605 g/mol. The van der Waals surface area contributed by atoms with Gasteiger partial charge in [-0.3, -0.25) is 14.2 Å². The number of hydrogen-bond donors (Lipinski definition) is 0. The zero-order chi connectivity index (χ0) is 34.4. The van der Waals surface area contributed by atoms with E-state index in [1.54, 1.807) is 0 Å². The van der Waals surface area contributed by atoms with Crippen LogP contribution in [0.4, 0.5) is 0 Å². The fourth-order valence-corrected chi connectivity index (χ4v) is 5.85. The summed E-state index contributed by atoms with van der Waals surface area (Å²) in [6.07, 6.45) is 25.5. The Kier molecular flexibility index (Phi) is 29.4. The normalized spacial score (nSPS) is 13.8. The molecule has 0 spiro atoms. The Morgan fingerprint density at radius 2 is 0.978 bits per heavy atom. The molecule has 2 atom stereocenters. The molecule has 10 heteroatoms. The monoisotopic (exact) mass is 677 g/mol. The van der Waals surface area contributed by atoms with E-state index in [-0.39, 0.29) is 32.0 Å². The average molecular weight is 678 g/mol. The summed E-state index contributed by atoms with van der Waals surface area (Å²) in [5.41, 5.74) is 0. The summed E-state index contributed by atoms with van der Waals surface area (Å²) in [5, 5.41) is 0. The highest BCUT2D eigenvalue weighted by Crippen LogP contribution is 2.38. The van der Waals surface area contributed by atoms with E-state index in [0.29, 0.717) is 17.4 Å². The topological polar surface area (TPSA) is 111 Å². The van der Waals surface area contributed by atoms with Crippen molar-refractivity contribution in [3.8, 4) is 0 Å². The van der Waals surface area contributed by atoms with E-state index < -0.39 is 26.5 Å². The molecule has 0 heterocycles. The quantitative estimate of drug-likeness (QED) is 0.0287. The molecular formula is C36H72NO8P. The number of phosphoric ester groups is 1. The number of unbranched alkanes of at least 4 members (excludes halogenated alkanes) is 20. The predicted octanol–water partition coefficient (Wildman–Crippen LogP) is 9.05. The lowest BCUT2D eigenvalue weighted by molar-refractivity contribution is -0.870. The Balaban J connectivity index is 4.44. The van der Waals surface area contributed by atoms with Crippen molar-refractivity contribution in [2.45, 2.75) is 174 Å². The van der Waals surface area contributed by atoms with Crippen molar-refractivity contribution in [3.63, 3.8) is 0 Å². The fourth-order valence-electron chi connectivity index (χ4n) is 5.12. The van der Waals surface area contributed by atoms with E-state index in [2.05, 4.69) is 13.8 Å². The molecule has 0 amide bonds. The van der Waals surface area contributed by atoms with Gasteiger partial charge >= 0.3 is 11.9 Å². The smallest absolute Gasteiger partial charge is 0.306 e. The molecule has 0 aromatic rings. The standard InChI is InChI=1S/C36H72NO8P/c1-6-8-10-12-14-16-18-20-22-24-26-28-35(38)42-32-34(33-44-46(40,41)43-31-30-37(3,4)5)45-36(39)29-27-25-23-21-19-17-15-13-11-9-7-2/h34H,6-33H2,1-5H3/t34-/m0/s1. The minimum atomic E-state index is -4.60. The van der Waals surface area contributed by atoms with Gasteiger partial charge in [0.25, 0.3) is 7.82 Å². The van der Waals surface area contributed by atoms with Gasteiger partial charge in [-0.05, 0) is 12.8 Å². The van der Waals surface area contributed by atoms with Crippen molar-refractivity contribution >= 4 is 19.8 Å². The molecule has 0 fully saturated rings. The molecule has 0 aliphatic carbocycles. The van der Waals surface area contributed by atoms with Crippen LogP contribution in [0.25, 0.3) is 0 Å². The Hall–Kier alpha value is -0.990. The molecule has 9 nitrogen and oxygen atoms in total. The number of esters is 2. The molecule has 0 aliphatic heterocycles. The number of phosphoric acid groups is 1. The second-order valence-electron chi connectivity index (χ2n) is 14.0. The first kappa shape index (κ1) is 45.0. The third-order valence-corrected chi connectivity index (χ3v) is 9.09. The van der Waals surface area contributed by atoms with Gasteiger partial charge < -0.3 is 27.9 Å². The number of rotatable bonds is 34. The van der Waals surface area contributed by atoms with Gasteiger partial charge in [0.15, 0.2) is 6.10 Å². The van der Waals surface area contributed by atoms with Crippen LogP contribution in [-0.4, -0.2) is 70.0 Å². The maximum atomic E-state index is 12.6. The largest absolute Gasteiger partial charge is 0.756 e. The highest BCUT2D eigenvalue weighted by atomic mass is 31.2. The van der Waals surface area contributed by atoms with Gasteiger partial charge in [-0.2, -0.15) is 0 Å². The minimum absolute atomic E-state index is 0.0263. The van der Waals surface area contributed by atoms with Crippen LogP contribution in [0.15, 0.2) is 0 Å². The van der Waals surface area contributed by atoms with Crippen molar-refractivity contribution < 1.29 is 42.1 Å². The van der Waals surface area contributed by atoms with Crippen LogP contribution in [0.2, 0.25) is 0 Å². The summed E-state index contributed by atoms with van der Waals surface area (Å²) >= 11 is 0. The number of ether oxygens (including phenoxy) is 2. The molecule has 0 bridgehead atoms. The Morgan fingerprint density at radius 1 is 0.587 bits per heavy atom. The highest BCUT2D eigenvalue weighted by molar-refractivity contribution is 7.45. The molecule has 0 rings (SSSR count). The van der Waals surface area contributed by atoms with Gasteiger partial charge in [0.05, 0.1) is 27.7 Å². The Labute approximate surface area is 283 Å². The molecule has 0 aromatic carbocycles. The maximum Gasteiger partial charge on any atom is 0.306 e. The van der Waals surface area contributed by atoms with E-state index in [4.69, 9.17) is 18.5 Å². The SMILES string of the molecule is CCCCCCCCCCCCCC(=O)OC[C@@H](COP(=O)([O-])OCC[N+](C)(C)C)OC(=O)CCCCCCCCCCCCC. The van der Waals surface area contributed by atoms with Crippen LogP contribution in [0.1, 0.15) is 168 Å². The zero-order valence-corrected chi connectivity index (χ0v) is 31.4. The summed E-state index contributed by atoms with van der Waals surface area (Å²) in [5.74, 6) is -0.829. The zero-order valence-electron chi connectivity index (χ0n) is 30.5. The van der Waals surface area contributed by atoms with Crippen LogP contribution < -0.4 is 4.89 Å². The number of carbonyl (C=O) groups is 2. The molecule has 0 radical (unpaired) electrons.